The van der Waals surface area contributed by atoms with Crippen LogP contribution in [0.3, 0.4) is 0 Å². The van der Waals surface area contributed by atoms with Crippen LogP contribution in [0.4, 0.5) is 0 Å². The van der Waals surface area contributed by atoms with E-state index in [0.29, 0.717) is 12.3 Å². The van der Waals surface area contributed by atoms with Gasteiger partial charge >= 0.3 is 11.9 Å². The highest BCUT2D eigenvalue weighted by molar-refractivity contribution is 5.74. The van der Waals surface area contributed by atoms with Gasteiger partial charge in [0.1, 0.15) is 6.10 Å². The topological polar surface area (TPSA) is 52.6 Å². The van der Waals surface area contributed by atoms with Crippen molar-refractivity contribution in [2.75, 3.05) is 7.11 Å². The van der Waals surface area contributed by atoms with Gasteiger partial charge < -0.3 is 9.47 Å². The van der Waals surface area contributed by atoms with Crippen LogP contribution in [0, 0.1) is 11.8 Å². The molecular formula is C17H30O4. The van der Waals surface area contributed by atoms with E-state index in [2.05, 4.69) is 18.6 Å². The number of carbonyl (C=O) groups excluding carboxylic acids is 2. The molecule has 2 atom stereocenters. The number of carbonyl (C=O) groups is 2. The number of unbranched alkanes of at least 4 members (excludes halogenated alkanes) is 5. The fourth-order valence-corrected chi connectivity index (χ4v) is 2.85. The number of rotatable bonds is 10. The van der Waals surface area contributed by atoms with E-state index in [9.17, 15) is 9.59 Å². The summed E-state index contributed by atoms with van der Waals surface area (Å²) in [4.78, 5) is 22.6. The maximum Gasteiger partial charge on any atom is 0.309 e. The molecule has 21 heavy (non-hydrogen) atoms. The van der Waals surface area contributed by atoms with Crippen molar-refractivity contribution in [2.24, 2.45) is 11.8 Å². The molecule has 0 bridgehead atoms. The summed E-state index contributed by atoms with van der Waals surface area (Å²) >= 11 is 0. The second kappa shape index (κ2) is 9.80. The molecule has 1 aliphatic rings. The molecule has 1 fully saturated rings. The lowest BCUT2D eigenvalue weighted by Gasteiger charge is -2.09. The third-order valence-corrected chi connectivity index (χ3v) is 4.29. The van der Waals surface area contributed by atoms with Crippen LogP contribution in [0.5, 0.6) is 0 Å². The molecule has 0 aliphatic carbocycles. The lowest BCUT2D eigenvalue weighted by molar-refractivity contribution is -0.145. The summed E-state index contributed by atoms with van der Waals surface area (Å²) in [5, 5.41) is 0. The maximum absolute atomic E-state index is 11.7. The van der Waals surface area contributed by atoms with Crippen molar-refractivity contribution in [3.63, 3.8) is 0 Å². The molecule has 1 heterocycles. The SMILES string of the molecule is COC(=O)CCCCCCCCC1CC(C(C)C)C(=O)O1. The quantitative estimate of drug-likeness (QED) is 0.454. The van der Waals surface area contributed by atoms with Gasteiger partial charge in [-0.05, 0) is 31.6 Å². The number of esters is 2. The standard InChI is InChI=1S/C17H30O4/c1-13(2)15-12-14(21-17(15)19)10-8-6-4-5-7-9-11-16(18)20-3/h13-15H,4-12H2,1-3H3. The first-order chi connectivity index (χ1) is 10.0. The fraction of sp³-hybridized carbons (Fsp3) is 0.882. The van der Waals surface area contributed by atoms with Crippen molar-refractivity contribution < 1.29 is 19.1 Å². The average Bonchev–Trinajstić information content (AvgIpc) is 2.82. The van der Waals surface area contributed by atoms with Crippen LogP contribution in [0.15, 0.2) is 0 Å². The lowest BCUT2D eigenvalue weighted by Crippen LogP contribution is -2.13. The van der Waals surface area contributed by atoms with Gasteiger partial charge in [0.2, 0.25) is 0 Å². The Morgan fingerprint density at radius 3 is 2.38 bits per heavy atom. The van der Waals surface area contributed by atoms with Crippen LogP contribution in [0.25, 0.3) is 0 Å². The van der Waals surface area contributed by atoms with Crippen molar-refractivity contribution >= 4 is 11.9 Å². The van der Waals surface area contributed by atoms with Crippen LogP contribution in [0.2, 0.25) is 0 Å². The number of methoxy groups -OCH3 is 1. The fourth-order valence-electron chi connectivity index (χ4n) is 2.85. The molecule has 0 aromatic rings. The van der Waals surface area contributed by atoms with Gasteiger partial charge in [-0.25, -0.2) is 0 Å². The molecule has 2 unspecified atom stereocenters. The summed E-state index contributed by atoms with van der Waals surface area (Å²) in [6.45, 7) is 4.17. The second-order valence-corrected chi connectivity index (χ2v) is 6.38. The molecule has 0 N–H and O–H groups in total. The molecule has 1 aliphatic heterocycles. The van der Waals surface area contributed by atoms with E-state index >= 15 is 0 Å². The Labute approximate surface area is 128 Å². The van der Waals surface area contributed by atoms with Crippen LogP contribution < -0.4 is 0 Å². The zero-order valence-electron chi connectivity index (χ0n) is 13.7. The van der Waals surface area contributed by atoms with E-state index in [1.54, 1.807) is 0 Å². The zero-order chi connectivity index (χ0) is 15.7. The summed E-state index contributed by atoms with van der Waals surface area (Å²) in [6.07, 6.45) is 9.23. The normalized spacial score (nSPS) is 21.6. The first kappa shape index (κ1) is 18.0. The molecular weight excluding hydrogens is 268 g/mol. The van der Waals surface area contributed by atoms with Crippen molar-refractivity contribution in [1.29, 1.82) is 0 Å². The predicted octanol–water partition coefficient (Wildman–Crippen LogP) is 3.87. The summed E-state index contributed by atoms with van der Waals surface area (Å²) < 4.78 is 10.0. The van der Waals surface area contributed by atoms with Gasteiger partial charge in [-0.3, -0.25) is 9.59 Å². The minimum atomic E-state index is -0.113. The minimum absolute atomic E-state index is 0.00203. The molecule has 0 aromatic heterocycles. The van der Waals surface area contributed by atoms with Crippen LogP contribution >= 0.6 is 0 Å². The van der Waals surface area contributed by atoms with Gasteiger partial charge in [0.25, 0.3) is 0 Å². The van der Waals surface area contributed by atoms with E-state index in [-0.39, 0.29) is 24.0 Å². The highest BCUT2D eigenvalue weighted by Gasteiger charge is 2.35. The van der Waals surface area contributed by atoms with Crippen LogP contribution in [-0.2, 0) is 19.1 Å². The Morgan fingerprint density at radius 1 is 1.19 bits per heavy atom. The largest absolute Gasteiger partial charge is 0.469 e. The minimum Gasteiger partial charge on any atom is -0.469 e. The molecule has 0 radical (unpaired) electrons. The average molecular weight is 298 g/mol. The van der Waals surface area contributed by atoms with Gasteiger partial charge in [-0.1, -0.05) is 39.5 Å². The summed E-state index contributed by atoms with van der Waals surface area (Å²) in [5.74, 6) is 0.376. The Morgan fingerprint density at radius 2 is 1.81 bits per heavy atom. The third-order valence-electron chi connectivity index (χ3n) is 4.29. The Hall–Kier alpha value is -1.06. The molecule has 0 saturated carbocycles. The van der Waals surface area contributed by atoms with Gasteiger partial charge in [0.05, 0.1) is 13.0 Å². The maximum atomic E-state index is 11.7. The highest BCUT2D eigenvalue weighted by Crippen LogP contribution is 2.30. The molecule has 0 aromatic carbocycles. The monoisotopic (exact) mass is 298 g/mol. The van der Waals surface area contributed by atoms with Crippen LogP contribution in [0.1, 0.15) is 71.6 Å². The summed E-state index contributed by atoms with van der Waals surface area (Å²) in [7, 11) is 1.43. The number of hydrogen-bond donors (Lipinski definition) is 0. The van der Waals surface area contributed by atoms with E-state index < -0.39 is 0 Å². The number of cyclic esters (lactones) is 1. The molecule has 4 heteroatoms. The van der Waals surface area contributed by atoms with Gasteiger partial charge in [-0.15, -0.1) is 0 Å². The molecule has 0 amide bonds. The van der Waals surface area contributed by atoms with E-state index in [0.717, 1.165) is 38.5 Å². The molecule has 0 spiro atoms. The molecule has 1 saturated heterocycles. The number of hydrogen-bond acceptors (Lipinski definition) is 4. The first-order valence-electron chi connectivity index (χ1n) is 8.32. The van der Waals surface area contributed by atoms with E-state index in [1.165, 1.54) is 20.0 Å². The molecule has 4 nitrogen and oxygen atoms in total. The Kier molecular flexibility index (Phi) is 8.40. The van der Waals surface area contributed by atoms with E-state index in [4.69, 9.17) is 4.74 Å². The third kappa shape index (κ3) is 6.96. The smallest absolute Gasteiger partial charge is 0.309 e. The predicted molar refractivity (Wildman–Crippen MR) is 81.8 cm³/mol. The van der Waals surface area contributed by atoms with Crippen molar-refractivity contribution in [1.82, 2.24) is 0 Å². The Bertz CT molecular complexity index is 325. The molecule has 1 rings (SSSR count). The van der Waals surface area contributed by atoms with Crippen molar-refractivity contribution in [3.8, 4) is 0 Å². The zero-order valence-corrected chi connectivity index (χ0v) is 13.7. The lowest BCUT2D eigenvalue weighted by atomic mass is 9.91. The van der Waals surface area contributed by atoms with Gasteiger partial charge in [0, 0.05) is 6.42 Å². The summed E-state index contributed by atoms with van der Waals surface area (Å²) in [5.41, 5.74) is 0. The van der Waals surface area contributed by atoms with Gasteiger partial charge in [-0.2, -0.15) is 0 Å². The Balaban J connectivity index is 1.96. The van der Waals surface area contributed by atoms with Crippen molar-refractivity contribution in [2.45, 2.75) is 77.7 Å². The summed E-state index contributed by atoms with van der Waals surface area (Å²) in [6, 6.07) is 0. The van der Waals surface area contributed by atoms with Gasteiger partial charge in [0.15, 0.2) is 0 Å². The van der Waals surface area contributed by atoms with Crippen molar-refractivity contribution in [3.05, 3.63) is 0 Å². The van der Waals surface area contributed by atoms with E-state index in [1.807, 2.05) is 0 Å². The first-order valence-corrected chi connectivity index (χ1v) is 8.32. The number of ether oxygens (including phenoxy) is 2. The second-order valence-electron chi connectivity index (χ2n) is 6.38. The highest BCUT2D eigenvalue weighted by atomic mass is 16.6. The molecule has 122 valence electrons. The van der Waals surface area contributed by atoms with Crippen LogP contribution in [-0.4, -0.2) is 25.2 Å².